The maximum absolute atomic E-state index is 12.0. The van der Waals surface area contributed by atoms with Crippen molar-refractivity contribution in [3.05, 3.63) is 28.2 Å². The van der Waals surface area contributed by atoms with Gasteiger partial charge in [0.2, 0.25) is 5.91 Å². The summed E-state index contributed by atoms with van der Waals surface area (Å²) in [5.41, 5.74) is 0.566. The standard InChI is InChI=1S/C15H21Cl2N3O/c1-20(12-3-2-7-18-10-12)8-6-15(21)19-14-9-11(16)4-5-13(14)17/h4-5,9,12,18H,2-3,6-8,10H2,1H3,(H,19,21). The Balaban J connectivity index is 1.80. The number of nitrogens with one attached hydrogen (secondary N) is 2. The first kappa shape index (κ1) is 16.6. The van der Waals surface area contributed by atoms with Crippen molar-refractivity contribution in [2.75, 3.05) is 32.0 Å². The number of anilines is 1. The summed E-state index contributed by atoms with van der Waals surface area (Å²) in [4.78, 5) is 14.2. The van der Waals surface area contributed by atoms with Gasteiger partial charge in [0.25, 0.3) is 0 Å². The second-order valence-electron chi connectivity index (χ2n) is 5.40. The number of halogens is 2. The lowest BCUT2D eigenvalue weighted by Gasteiger charge is -2.31. The number of amides is 1. The minimum Gasteiger partial charge on any atom is -0.325 e. The summed E-state index contributed by atoms with van der Waals surface area (Å²) in [6.45, 7) is 2.83. The van der Waals surface area contributed by atoms with E-state index in [1.54, 1.807) is 18.2 Å². The van der Waals surface area contributed by atoms with Crippen LogP contribution in [0.1, 0.15) is 19.3 Å². The van der Waals surface area contributed by atoms with Crippen molar-refractivity contribution in [2.24, 2.45) is 0 Å². The Hall–Kier alpha value is -0.810. The van der Waals surface area contributed by atoms with E-state index >= 15 is 0 Å². The fraction of sp³-hybridized carbons (Fsp3) is 0.533. The molecule has 21 heavy (non-hydrogen) atoms. The smallest absolute Gasteiger partial charge is 0.225 e. The van der Waals surface area contributed by atoms with E-state index in [0.29, 0.717) is 28.2 Å². The summed E-state index contributed by atoms with van der Waals surface area (Å²) >= 11 is 11.9. The van der Waals surface area contributed by atoms with Crippen molar-refractivity contribution in [3.8, 4) is 0 Å². The number of likely N-dealkylation sites (N-methyl/N-ethyl adjacent to an activating group) is 1. The molecule has 6 heteroatoms. The Morgan fingerprint density at radius 1 is 1.48 bits per heavy atom. The second-order valence-corrected chi connectivity index (χ2v) is 6.25. The minimum atomic E-state index is -0.0465. The van der Waals surface area contributed by atoms with Crippen LogP contribution in [0.2, 0.25) is 10.0 Å². The predicted octanol–water partition coefficient (Wildman–Crippen LogP) is 3.01. The van der Waals surface area contributed by atoms with E-state index in [4.69, 9.17) is 23.2 Å². The molecule has 2 N–H and O–H groups in total. The van der Waals surface area contributed by atoms with E-state index in [1.165, 1.54) is 12.8 Å². The van der Waals surface area contributed by atoms with Gasteiger partial charge in [0.15, 0.2) is 0 Å². The molecule has 1 heterocycles. The molecule has 0 aromatic heterocycles. The lowest BCUT2D eigenvalue weighted by Crippen LogP contribution is -2.44. The molecule has 0 spiro atoms. The average Bonchev–Trinajstić information content (AvgIpc) is 2.49. The van der Waals surface area contributed by atoms with Crippen LogP contribution in [-0.4, -0.2) is 43.5 Å². The summed E-state index contributed by atoms with van der Waals surface area (Å²) < 4.78 is 0. The van der Waals surface area contributed by atoms with E-state index in [2.05, 4.69) is 22.6 Å². The summed E-state index contributed by atoms with van der Waals surface area (Å²) in [6.07, 6.45) is 2.82. The third-order valence-electron chi connectivity index (χ3n) is 3.79. The highest BCUT2D eigenvalue weighted by Crippen LogP contribution is 2.25. The molecule has 1 aliphatic rings. The van der Waals surface area contributed by atoms with Crippen molar-refractivity contribution in [3.63, 3.8) is 0 Å². The Labute approximate surface area is 135 Å². The highest BCUT2D eigenvalue weighted by molar-refractivity contribution is 6.35. The van der Waals surface area contributed by atoms with Crippen LogP contribution < -0.4 is 10.6 Å². The third-order valence-corrected chi connectivity index (χ3v) is 4.35. The summed E-state index contributed by atoms with van der Waals surface area (Å²) in [5, 5.41) is 7.25. The van der Waals surface area contributed by atoms with Crippen molar-refractivity contribution in [1.29, 1.82) is 0 Å². The van der Waals surface area contributed by atoms with Crippen molar-refractivity contribution in [1.82, 2.24) is 10.2 Å². The SMILES string of the molecule is CN(CCC(=O)Nc1cc(Cl)ccc1Cl)C1CCCNC1. The minimum absolute atomic E-state index is 0.0465. The first-order chi connectivity index (χ1) is 10.1. The summed E-state index contributed by atoms with van der Waals surface area (Å²) in [7, 11) is 2.07. The Kier molecular flexibility index (Phi) is 6.30. The Bertz CT molecular complexity index is 490. The van der Waals surface area contributed by atoms with Crippen LogP contribution in [0, 0.1) is 0 Å². The van der Waals surface area contributed by atoms with Gasteiger partial charge in [0.05, 0.1) is 10.7 Å². The molecule has 1 atom stereocenters. The zero-order valence-corrected chi connectivity index (χ0v) is 13.7. The van der Waals surface area contributed by atoms with E-state index in [9.17, 15) is 4.79 Å². The maximum atomic E-state index is 12.0. The highest BCUT2D eigenvalue weighted by atomic mass is 35.5. The van der Waals surface area contributed by atoms with Gasteiger partial charge in [0.1, 0.15) is 0 Å². The normalized spacial score (nSPS) is 18.8. The van der Waals surface area contributed by atoms with Gasteiger partial charge in [-0.05, 0) is 44.6 Å². The second kappa shape index (κ2) is 7.99. The molecule has 1 fully saturated rings. The molecule has 1 unspecified atom stereocenters. The number of benzene rings is 1. The zero-order chi connectivity index (χ0) is 15.2. The van der Waals surface area contributed by atoms with Gasteiger partial charge >= 0.3 is 0 Å². The quantitative estimate of drug-likeness (QED) is 0.872. The number of nitrogens with zero attached hydrogens (tertiary/aromatic N) is 1. The molecule has 0 bridgehead atoms. The largest absolute Gasteiger partial charge is 0.325 e. The molecule has 0 radical (unpaired) electrons. The molecule has 2 rings (SSSR count). The van der Waals surface area contributed by atoms with E-state index in [1.807, 2.05) is 0 Å². The van der Waals surface area contributed by atoms with Crippen LogP contribution in [0.4, 0.5) is 5.69 Å². The van der Waals surface area contributed by atoms with Gasteiger partial charge in [-0.15, -0.1) is 0 Å². The molecule has 4 nitrogen and oxygen atoms in total. The topological polar surface area (TPSA) is 44.4 Å². The average molecular weight is 330 g/mol. The Morgan fingerprint density at radius 3 is 3.00 bits per heavy atom. The molecule has 1 amide bonds. The maximum Gasteiger partial charge on any atom is 0.225 e. The zero-order valence-electron chi connectivity index (χ0n) is 12.2. The van der Waals surface area contributed by atoms with Gasteiger partial charge < -0.3 is 15.5 Å². The molecule has 1 aliphatic heterocycles. The molecule has 0 aliphatic carbocycles. The molecular weight excluding hydrogens is 309 g/mol. The fourth-order valence-corrected chi connectivity index (χ4v) is 2.81. The number of hydrogen-bond acceptors (Lipinski definition) is 3. The van der Waals surface area contributed by atoms with Gasteiger partial charge in [0, 0.05) is 30.6 Å². The van der Waals surface area contributed by atoms with Crippen LogP contribution in [0.15, 0.2) is 18.2 Å². The number of piperidine rings is 1. The molecule has 116 valence electrons. The first-order valence-electron chi connectivity index (χ1n) is 7.22. The molecule has 1 saturated heterocycles. The molecule has 1 aromatic rings. The van der Waals surface area contributed by atoms with E-state index < -0.39 is 0 Å². The van der Waals surface area contributed by atoms with Crippen molar-refractivity contribution in [2.45, 2.75) is 25.3 Å². The number of carbonyl (C=O) groups excluding carboxylic acids is 1. The van der Waals surface area contributed by atoms with E-state index in [-0.39, 0.29) is 5.91 Å². The third kappa shape index (κ3) is 5.15. The summed E-state index contributed by atoms with van der Waals surface area (Å²) in [6, 6.07) is 5.56. The predicted molar refractivity (Wildman–Crippen MR) is 88.2 cm³/mol. The summed E-state index contributed by atoms with van der Waals surface area (Å²) in [5.74, 6) is -0.0465. The van der Waals surface area contributed by atoms with Crippen molar-refractivity contribution < 1.29 is 4.79 Å². The van der Waals surface area contributed by atoms with Crippen LogP contribution >= 0.6 is 23.2 Å². The van der Waals surface area contributed by atoms with Gasteiger partial charge in [-0.1, -0.05) is 23.2 Å². The lowest BCUT2D eigenvalue weighted by molar-refractivity contribution is -0.116. The molecule has 1 aromatic carbocycles. The lowest BCUT2D eigenvalue weighted by atomic mass is 10.1. The molecule has 0 saturated carbocycles. The first-order valence-corrected chi connectivity index (χ1v) is 7.97. The number of hydrogen-bond donors (Lipinski definition) is 2. The number of carbonyl (C=O) groups is 1. The van der Waals surface area contributed by atoms with Crippen LogP contribution in [-0.2, 0) is 4.79 Å². The van der Waals surface area contributed by atoms with Gasteiger partial charge in [-0.25, -0.2) is 0 Å². The highest BCUT2D eigenvalue weighted by Gasteiger charge is 2.18. The van der Waals surface area contributed by atoms with Crippen LogP contribution in [0.25, 0.3) is 0 Å². The van der Waals surface area contributed by atoms with Crippen LogP contribution in [0.3, 0.4) is 0 Å². The molecular formula is C15H21Cl2N3O. The van der Waals surface area contributed by atoms with Gasteiger partial charge in [-0.3, -0.25) is 4.79 Å². The number of rotatable bonds is 5. The fourth-order valence-electron chi connectivity index (χ4n) is 2.48. The van der Waals surface area contributed by atoms with Crippen LogP contribution in [0.5, 0.6) is 0 Å². The Morgan fingerprint density at radius 2 is 2.29 bits per heavy atom. The van der Waals surface area contributed by atoms with Crippen molar-refractivity contribution >= 4 is 34.8 Å². The van der Waals surface area contributed by atoms with E-state index in [0.717, 1.165) is 19.6 Å². The van der Waals surface area contributed by atoms with Gasteiger partial charge in [-0.2, -0.15) is 0 Å². The monoisotopic (exact) mass is 329 g/mol.